The van der Waals surface area contributed by atoms with Crippen LogP contribution in [0.3, 0.4) is 0 Å². The first-order valence-corrected chi connectivity index (χ1v) is 33.3. The number of benzene rings is 1. The molecule has 101 heavy (non-hydrogen) atoms. The highest BCUT2D eigenvalue weighted by molar-refractivity contribution is 7.99. The van der Waals surface area contributed by atoms with Gasteiger partial charge in [0, 0.05) is 74.4 Å². The summed E-state index contributed by atoms with van der Waals surface area (Å²) in [4.78, 5) is 236. The number of aliphatic hydroxyl groups excluding tert-OH is 1. The second kappa shape index (κ2) is 38.2. The molecule has 11 atom stereocenters. The maximum absolute atomic E-state index is 14.9. The van der Waals surface area contributed by atoms with Gasteiger partial charge >= 0.3 is 11.9 Å². The molecule has 16 N–H and O–H groups in total. The number of ether oxygens (including phenoxy) is 4. The Morgan fingerprint density at radius 3 is 1.79 bits per heavy atom. The number of carbonyl (C=O) groups excluding carboxylic acids is 17. The van der Waals surface area contributed by atoms with Crippen LogP contribution in [-0.4, -0.2) is 255 Å². The van der Waals surface area contributed by atoms with Crippen LogP contribution in [0.15, 0.2) is 17.2 Å². The maximum atomic E-state index is 14.9. The summed E-state index contributed by atoms with van der Waals surface area (Å²) in [6.45, 7) is 5.06. The summed E-state index contributed by atoms with van der Waals surface area (Å²) >= 11 is 0.779. The zero-order chi connectivity index (χ0) is 74.2. The number of anilines is 1. The molecule has 2 bridgehead atoms. The molecule has 1 saturated heterocycles. The normalized spacial score (nSPS) is 26.5. The SMILES string of the molecule is CC[C@H](C)[C@@H]1NC(=O)[C@@H]2C[C@@H](O)CN2C(=O)[C@H](CC(=O)OC)NC(=O)[C@@H]2CSc3[nH]c4cc5c(cc4c3C[C@H](NC1=O)C(=O)NCC(=O)NCC(=O)NCC(=O)N2)NC(=O)C(C)NC(=O)C(C)NC(=O)CCOCCNC(=O)C#CC(=O)NCCOCCC(=O)NC(C)C(=O)NC(C)C(=O)O5. The van der Waals surface area contributed by atoms with E-state index in [1.54, 1.807) is 13.8 Å². The number of thioether (sulfide) groups is 1. The fraction of sp³-hybridized carbons (Fsp3) is 0.565. The summed E-state index contributed by atoms with van der Waals surface area (Å²) in [5, 5.41) is 45.6. The molecule has 38 nitrogen and oxygen atoms in total. The van der Waals surface area contributed by atoms with Crippen molar-refractivity contribution in [3.05, 3.63) is 17.7 Å². The van der Waals surface area contributed by atoms with Gasteiger partial charge in [0.25, 0.3) is 11.8 Å². The van der Waals surface area contributed by atoms with Crippen LogP contribution in [0.2, 0.25) is 0 Å². The van der Waals surface area contributed by atoms with Gasteiger partial charge in [-0.25, -0.2) is 4.79 Å². The lowest BCUT2D eigenvalue weighted by molar-refractivity contribution is -0.148. The van der Waals surface area contributed by atoms with E-state index in [4.69, 9.17) is 18.9 Å². The Kier molecular flexibility index (Phi) is 30.1. The van der Waals surface area contributed by atoms with Crippen LogP contribution in [-0.2, 0) is 102 Å². The maximum Gasteiger partial charge on any atom is 0.333 e. The van der Waals surface area contributed by atoms with E-state index in [1.807, 2.05) is 0 Å². The number of nitrogens with one attached hydrogen (secondary N) is 15. The van der Waals surface area contributed by atoms with Crippen molar-refractivity contribution < 1.29 is 106 Å². The van der Waals surface area contributed by atoms with Gasteiger partial charge in [-0.1, -0.05) is 20.3 Å². The van der Waals surface area contributed by atoms with Crippen molar-refractivity contribution in [3.8, 4) is 17.6 Å². The van der Waals surface area contributed by atoms with Crippen LogP contribution < -0.4 is 79.2 Å². The molecule has 0 saturated carbocycles. The zero-order valence-corrected chi connectivity index (χ0v) is 57.2. The molecule has 39 heteroatoms. The molecule has 0 radical (unpaired) electrons. The van der Waals surface area contributed by atoms with Gasteiger partial charge in [-0.05, 0) is 45.2 Å². The molecule has 5 heterocycles. The fourth-order valence-electron chi connectivity index (χ4n) is 10.2. The zero-order valence-electron chi connectivity index (χ0n) is 56.4. The molecule has 550 valence electrons. The number of amides is 15. The highest BCUT2D eigenvalue weighted by Crippen LogP contribution is 2.38. The van der Waals surface area contributed by atoms with E-state index in [0.717, 1.165) is 23.8 Å². The third kappa shape index (κ3) is 24.2. The minimum Gasteiger partial charge on any atom is -0.469 e. The first kappa shape index (κ1) is 79.5. The fourth-order valence-corrected chi connectivity index (χ4v) is 11.3. The molecule has 4 unspecified atom stereocenters. The lowest BCUT2D eigenvalue weighted by atomic mass is 9.96. The summed E-state index contributed by atoms with van der Waals surface area (Å²) in [6, 6.07) is -11.4. The number of rotatable bonds is 4. The Morgan fingerprint density at radius 2 is 1.20 bits per heavy atom. The molecule has 15 amide bonds. The number of aliphatic hydroxyl groups is 1. The smallest absolute Gasteiger partial charge is 0.333 e. The van der Waals surface area contributed by atoms with Crippen LogP contribution in [0.5, 0.6) is 5.75 Å². The number of hydrogen-bond donors (Lipinski definition) is 16. The molecule has 2 aromatic rings. The van der Waals surface area contributed by atoms with Gasteiger partial charge in [0.15, 0.2) is 5.75 Å². The third-order valence-electron chi connectivity index (χ3n) is 16.0. The number of esters is 2. The Morgan fingerprint density at radius 1 is 0.624 bits per heavy atom. The number of H-pyrrole nitrogens is 1. The topological polar surface area (TPSA) is 535 Å². The standard InChI is InChI=1S/C62H84N16O22S/c1-8-29(2)52-59(94)74-39-21-36-35-20-38-43(100-62(96)33(6)71-54(89)31(4)69-47(83)12-16-99-18-14-64-45(81)10-9-44(80)63-13-17-98-15-11-46(82)68-30(3)53(88)70-32(5)55(90)73-38)22-37(35)76-60(36)101-28-41(72-50(86)26-66-48(84)24-65-49(85)25-67-56(39)91)57(92)75-40(23-51(87)97-7)61(95)78-27-34(79)19-42(78)58(93)77-52/h20,22,29-34,39-42,52,76,79H,8,11-19,21,23-28H2,1-7H3,(H,63,80)(H,64,81)(H,65,85)(H,66,84)(H,67,91)(H,68,82)(H,69,83)(H,70,88)(H,71,89)(H,72,86)(H,73,90)(H,74,94)(H,75,92)(H,77,93)/t29-,30?,31?,32?,33?,34+,39-,40-,41-,42-,52-/m0/s1. The van der Waals surface area contributed by atoms with Crippen molar-refractivity contribution in [2.24, 2.45) is 5.92 Å². The average Bonchev–Trinajstić information content (AvgIpc) is 1.64. The van der Waals surface area contributed by atoms with Crippen molar-refractivity contribution in [1.82, 2.24) is 79.0 Å². The first-order valence-electron chi connectivity index (χ1n) is 32.3. The van der Waals surface area contributed by atoms with Gasteiger partial charge in [-0.15, -0.1) is 11.8 Å². The van der Waals surface area contributed by atoms with Gasteiger partial charge in [-0.3, -0.25) is 76.7 Å². The molecule has 0 aliphatic carbocycles. The summed E-state index contributed by atoms with van der Waals surface area (Å²) in [5.41, 5.74) is -0.258. The highest BCUT2D eigenvalue weighted by Gasteiger charge is 2.45. The average molecular weight is 1440 g/mol. The van der Waals surface area contributed by atoms with E-state index in [-0.39, 0.29) is 92.4 Å². The van der Waals surface area contributed by atoms with Crippen molar-refractivity contribution in [3.63, 3.8) is 0 Å². The third-order valence-corrected chi connectivity index (χ3v) is 17.2. The van der Waals surface area contributed by atoms with E-state index in [2.05, 4.69) is 91.3 Å². The van der Waals surface area contributed by atoms with E-state index in [9.17, 15) is 86.6 Å². The largest absolute Gasteiger partial charge is 0.469 e. The molecular weight excluding hydrogens is 1350 g/mol. The highest BCUT2D eigenvalue weighted by atomic mass is 32.2. The number of aromatic nitrogens is 1. The van der Waals surface area contributed by atoms with E-state index in [1.165, 1.54) is 39.8 Å². The number of nitrogens with zero attached hydrogens (tertiary/aromatic N) is 1. The molecule has 1 aromatic heterocycles. The van der Waals surface area contributed by atoms with Gasteiger partial charge in [0.2, 0.25) is 76.8 Å². The number of hydrogen-bond acceptors (Lipinski definition) is 23. The number of carbonyl (C=O) groups is 17. The van der Waals surface area contributed by atoms with E-state index >= 15 is 0 Å². The summed E-state index contributed by atoms with van der Waals surface area (Å²) in [6.07, 6.45) is -3.42. The predicted octanol–water partition coefficient (Wildman–Crippen LogP) is -7.39. The molecule has 4 aliphatic heterocycles. The minimum absolute atomic E-state index is 0.0160. The summed E-state index contributed by atoms with van der Waals surface area (Å²) < 4.78 is 21.6. The minimum atomic E-state index is -1.84. The number of methoxy groups -OCH3 is 1. The van der Waals surface area contributed by atoms with Crippen molar-refractivity contribution in [2.45, 2.75) is 146 Å². The summed E-state index contributed by atoms with van der Waals surface area (Å²) in [7, 11) is 1.00. The van der Waals surface area contributed by atoms with Crippen LogP contribution in [0, 0.1) is 17.8 Å². The molecule has 1 aromatic carbocycles. The Hall–Kier alpha value is -10.5. The lowest BCUT2D eigenvalue weighted by Crippen LogP contribution is -2.60. The molecule has 0 spiro atoms. The Bertz CT molecular complexity index is 3590. The van der Waals surface area contributed by atoms with Crippen LogP contribution in [0.1, 0.15) is 79.2 Å². The van der Waals surface area contributed by atoms with Gasteiger partial charge in [-0.2, -0.15) is 0 Å². The lowest BCUT2D eigenvalue weighted by Gasteiger charge is -2.31. The van der Waals surface area contributed by atoms with Crippen molar-refractivity contribution >= 4 is 129 Å². The van der Waals surface area contributed by atoms with E-state index in [0.29, 0.717) is 0 Å². The molecule has 1 fully saturated rings. The second-order valence-corrected chi connectivity index (χ2v) is 24.9. The Labute approximate surface area is 582 Å². The van der Waals surface area contributed by atoms with Crippen molar-refractivity contribution in [2.75, 3.05) is 83.9 Å². The number of fused-ring (bicyclic) bond motifs is 6. The van der Waals surface area contributed by atoms with Crippen molar-refractivity contribution in [1.29, 1.82) is 0 Å². The van der Waals surface area contributed by atoms with Crippen LogP contribution in [0.4, 0.5) is 5.69 Å². The van der Waals surface area contributed by atoms with E-state index < -0.39 is 217 Å². The number of aromatic amines is 1. The molecular formula is C62H84N16O22S. The van der Waals surface area contributed by atoms with Gasteiger partial charge in [0.1, 0.15) is 54.4 Å². The summed E-state index contributed by atoms with van der Waals surface area (Å²) in [5.74, 6) is -13.2. The second-order valence-electron chi connectivity index (χ2n) is 23.8. The Balaban J connectivity index is 1.48. The molecule has 4 aliphatic rings. The predicted molar refractivity (Wildman–Crippen MR) is 351 cm³/mol. The monoisotopic (exact) mass is 1440 g/mol. The first-order chi connectivity index (χ1) is 47.9. The quantitative estimate of drug-likeness (QED) is 0.0768. The van der Waals surface area contributed by atoms with Gasteiger partial charge in [0.05, 0.1) is 81.9 Å². The van der Waals surface area contributed by atoms with Crippen LogP contribution in [0.25, 0.3) is 10.9 Å². The van der Waals surface area contributed by atoms with Gasteiger partial charge < -0.3 is 108 Å². The molecule has 6 rings (SSSR count). The van der Waals surface area contributed by atoms with Crippen LogP contribution >= 0.6 is 11.8 Å².